The number of piperidine rings is 1. The van der Waals surface area contributed by atoms with Crippen molar-refractivity contribution < 1.29 is 9.90 Å². The van der Waals surface area contributed by atoms with E-state index in [9.17, 15) is 9.90 Å². The number of hydrogen-bond donors (Lipinski definition) is 2. The summed E-state index contributed by atoms with van der Waals surface area (Å²) in [7, 11) is 0. The number of carbonyl (C=O) groups excluding carboxylic acids is 1. The molecular weight excluding hydrogens is 276 g/mol. The highest BCUT2D eigenvalue weighted by molar-refractivity contribution is 5.73. The van der Waals surface area contributed by atoms with Crippen LogP contribution in [0.15, 0.2) is 0 Å². The molecule has 0 radical (unpaired) electrons. The lowest BCUT2D eigenvalue weighted by molar-refractivity contribution is -0.131. The summed E-state index contributed by atoms with van der Waals surface area (Å²) in [5.74, 6) is 1.17. The van der Waals surface area contributed by atoms with Crippen molar-refractivity contribution in [2.24, 2.45) is 11.8 Å². The Morgan fingerprint density at radius 3 is 2.50 bits per heavy atom. The molecule has 2 N–H and O–H groups in total. The molecule has 2 aliphatic carbocycles. The van der Waals surface area contributed by atoms with Gasteiger partial charge in [-0.05, 0) is 50.4 Å². The van der Waals surface area contributed by atoms with Crippen molar-refractivity contribution >= 4 is 5.91 Å². The topological polar surface area (TPSA) is 52.6 Å². The third-order valence-electron chi connectivity index (χ3n) is 5.80. The van der Waals surface area contributed by atoms with Crippen LogP contribution in [0.25, 0.3) is 0 Å². The second-order valence-corrected chi connectivity index (χ2v) is 7.86. The molecule has 3 rings (SSSR count). The van der Waals surface area contributed by atoms with E-state index in [1.54, 1.807) is 6.92 Å². The van der Waals surface area contributed by atoms with E-state index in [1.807, 2.05) is 4.90 Å². The Hall–Kier alpha value is -0.610. The number of rotatable bonds is 5. The average molecular weight is 308 g/mol. The summed E-state index contributed by atoms with van der Waals surface area (Å²) in [4.78, 5) is 13.8. The van der Waals surface area contributed by atoms with Crippen LogP contribution in [-0.2, 0) is 4.79 Å². The summed E-state index contributed by atoms with van der Waals surface area (Å²) < 4.78 is 0. The van der Waals surface area contributed by atoms with Crippen molar-refractivity contribution in [3.63, 3.8) is 0 Å². The molecule has 1 saturated heterocycles. The molecule has 0 bridgehead atoms. The summed E-state index contributed by atoms with van der Waals surface area (Å²) >= 11 is 0. The lowest BCUT2D eigenvalue weighted by atomic mass is 9.87. The number of amides is 1. The van der Waals surface area contributed by atoms with Crippen LogP contribution in [-0.4, -0.2) is 47.2 Å². The number of carbonyl (C=O) groups is 1. The lowest BCUT2D eigenvalue weighted by Crippen LogP contribution is -2.53. The molecule has 4 nitrogen and oxygen atoms in total. The third kappa shape index (κ3) is 4.45. The van der Waals surface area contributed by atoms with Crippen LogP contribution >= 0.6 is 0 Å². The maximum atomic E-state index is 11.8. The van der Waals surface area contributed by atoms with E-state index in [0.717, 1.165) is 25.9 Å². The van der Waals surface area contributed by atoms with Gasteiger partial charge in [-0.15, -0.1) is 0 Å². The second-order valence-electron chi connectivity index (χ2n) is 7.86. The molecule has 1 amide bonds. The monoisotopic (exact) mass is 308 g/mol. The molecule has 3 unspecified atom stereocenters. The average Bonchev–Trinajstić information content (AvgIpc) is 3.32. The number of nitrogens with one attached hydrogen (secondary N) is 1. The largest absolute Gasteiger partial charge is 0.393 e. The first kappa shape index (κ1) is 16.3. The summed E-state index contributed by atoms with van der Waals surface area (Å²) in [6.45, 7) is 3.36. The van der Waals surface area contributed by atoms with Crippen molar-refractivity contribution in [3.05, 3.63) is 0 Å². The Morgan fingerprint density at radius 2 is 1.86 bits per heavy atom. The van der Waals surface area contributed by atoms with Gasteiger partial charge in [0.05, 0.1) is 6.10 Å². The molecule has 1 aliphatic heterocycles. The van der Waals surface area contributed by atoms with Crippen molar-refractivity contribution in [1.29, 1.82) is 0 Å². The first-order valence-electron chi connectivity index (χ1n) is 9.31. The van der Waals surface area contributed by atoms with Gasteiger partial charge < -0.3 is 15.3 Å². The van der Waals surface area contributed by atoms with E-state index in [1.165, 1.54) is 44.9 Å². The molecule has 2 saturated carbocycles. The molecule has 126 valence electrons. The first-order valence-corrected chi connectivity index (χ1v) is 9.31. The molecule has 0 aromatic rings. The Balaban J connectivity index is 1.55. The SMILES string of the molecule is CC(=O)N1CC(CC(O)C2CC2)CC(NC2CCCCC2)C1. The smallest absolute Gasteiger partial charge is 0.219 e. The van der Waals surface area contributed by atoms with Gasteiger partial charge in [0, 0.05) is 32.1 Å². The van der Waals surface area contributed by atoms with Gasteiger partial charge in [-0.1, -0.05) is 19.3 Å². The zero-order valence-electron chi connectivity index (χ0n) is 14.0. The van der Waals surface area contributed by atoms with Crippen LogP contribution in [0.5, 0.6) is 0 Å². The van der Waals surface area contributed by atoms with Gasteiger partial charge in [-0.25, -0.2) is 0 Å². The molecule has 4 heteroatoms. The molecule has 3 fully saturated rings. The number of aliphatic hydroxyl groups excluding tert-OH is 1. The molecule has 3 atom stereocenters. The van der Waals surface area contributed by atoms with Crippen molar-refractivity contribution in [3.8, 4) is 0 Å². The minimum absolute atomic E-state index is 0.146. The number of aliphatic hydroxyl groups is 1. The Labute approximate surface area is 134 Å². The zero-order valence-corrected chi connectivity index (χ0v) is 14.0. The van der Waals surface area contributed by atoms with Crippen LogP contribution in [0.3, 0.4) is 0 Å². The highest BCUT2D eigenvalue weighted by atomic mass is 16.3. The summed E-state index contributed by atoms with van der Waals surface area (Å²) in [6, 6.07) is 1.05. The second kappa shape index (κ2) is 7.31. The van der Waals surface area contributed by atoms with Gasteiger partial charge in [-0.2, -0.15) is 0 Å². The zero-order chi connectivity index (χ0) is 15.5. The van der Waals surface area contributed by atoms with Crippen molar-refractivity contribution in [2.45, 2.75) is 82.9 Å². The Bertz CT molecular complexity index is 377. The Kier molecular flexibility index (Phi) is 5.40. The maximum absolute atomic E-state index is 11.8. The summed E-state index contributed by atoms with van der Waals surface area (Å²) in [6.07, 6.45) is 10.8. The van der Waals surface area contributed by atoms with E-state index in [-0.39, 0.29) is 12.0 Å². The fourth-order valence-electron chi connectivity index (χ4n) is 4.37. The molecule has 3 aliphatic rings. The summed E-state index contributed by atoms with van der Waals surface area (Å²) in [5.41, 5.74) is 0. The van der Waals surface area contributed by atoms with Gasteiger partial charge in [0.1, 0.15) is 0 Å². The minimum Gasteiger partial charge on any atom is -0.393 e. The normalized spacial score (nSPS) is 32.0. The fourth-order valence-corrected chi connectivity index (χ4v) is 4.37. The van der Waals surface area contributed by atoms with E-state index in [2.05, 4.69) is 5.32 Å². The number of hydrogen-bond acceptors (Lipinski definition) is 3. The fraction of sp³-hybridized carbons (Fsp3) is 0.944. The predicted molar refractivity (Wildman–Crippen MR) is 87.5 cm³/mol. The Morgan fingerprint density at radius 1 is 1.14 bits per heavy atom. The lowest BCUT2D eigenvalue weighted by Gasteiger charge is -2.40. The van der Waals surface area contributed by atoms with Gasteiger partial charge in [0.25, 0.3) is 0 Å². The maximum Gasteiger partial charge on any atom is 0.219 e. The van der Waals surface area contributed by atoms with E-state index in [0.29, 0.717) is 23.9 Å². The highest BCUT2D eigenvalue weighted by Crippen LogP contribution is 2.36. The molecular formula is C18H32N2O2. The van der Waals surface area contributed by atoms with Crippen molar-refractivity contribution in [1.82, 2.24) is 10.2 Å². The van der Waals surface area contributed by atoms with Crippen molar-refractivity contribution in [2.75, 3.05) is 13.1 Å². The van der Waals surface area contributed by atoms with E-state index in [4.69, 9.17) is 0 Å². The van der Waals surface area contributed by atoms with Gasteiger partial charge in [0.15, 0.2) is 0 Å². The molecule has 0 spiro atoms. The van der Waals surface area contributed by atoms with Gasteiger partial charge >= 0.3 is 0 Å². The van der Waals surface area contributed by atoms with Gasteiger partial charge in [0.2, 0.25) is 5.91 Å². The quantitative estimate of drug-likeness (QED) is 0.819. The predicted octanol–water partition coefficient (Wildman–Crippen LogP) is 2.31. The van der Waals surface area contributed by atoms with Gasteiger partial charge in [-0.3, -0.25) is 4.79 Å². The number of nitrogens with zero attached hydrogens (tertiary/aromatic N) is 1. The third-order valence-corrected chi connectivity index (χ3v) is 5.80. The van der Waals surface area contributed by atoms with E-state index >= 15 is 0 Å². The van der Waals surface area contributed by atoms with E-state index < -0.39 is 0 Å². The number of likely N-dealkylation sites (tertiary alicyclic amines) is 1. The first-order chi connectivity index (χ1) is 10.6. The molecule has 0 aromatic carbocycles. The van der Waals surface area contributed by atoms with Crippen LogP contribution < -0.4 is 5.32 Å². The standard InChI is InChI=1S/C18H32N2O2/c1-13(21)20-11-14(10-18(22)15-7-8-15)9-17(12-20)19-16-5-3-2-4-6-16/h14-19,22H,2-12H2,1H3. The van der Waals surface area contributed by atoms with Crippen LogP contribution in [0.2, 0.25) is 0 Å². The van der Waals surface area contributed by atoms with Crippen LogP contribution in [0, 0.1) is 11.8 Å². The molecule has 1 heterocycles. The molecule has 0 aromatic heterocycles. The van der Waals surface area contributed by atoms with Crippen LogP contribution in [0.1, 0.15) is 64.7 Å². The summed E-state index contributed by atoms with van der Waals surface area (Å²) in [5, 5.41) is 14.1. The van der Waals surface area contributed by atoms with Crippen LogP contribution in [0.4, 0.5) is 0 Å². The molecule has 22 heavy (non-hydrogen) atoms. The minimum atomic E-state index is -0.146. The highest BCUT2D eigenvalue weighted by Gasteiger charge is 2.35.